The van der Waals surface area contributed by atoms with Gasteiger partial charge in [-0.15, -0.1) is 0 Å². The normalized spacial score (nSPS) is 10.6. The second-order valence-electron chi connectivity index (χ2n) is 4.73. The summed E-state index contributed by atoms with van der Waals surface area (Å²) in [6.07, 6.45) is 1.37. The zero-order valence-electron chi connectivity index (χ0n) is 11.6. The van der Waals surface area contributed by atoms with Crippen LogP contribution in [0.15, 0.2) is 22.8 Å². The smallest absolute Gasteiger partial charge is 0.339 e. The number of nitrogens with zero attached hydrogens (tertiary/aromatic N) is 2. The SMILES string of the molecule is Cc1cc(C)c(NCc2c(C(=O)O)cnn2C)c(Br)c1. The number of benzene rings is 1. The van der Waals surface area contributed by atoms with Crippen LogP contribution in [0.25, 0.3) is 0 Å². The molecule has 20 heavy (non-hydrogen) atoms. The summed E-state index contributed by atoms with van der Waals surface area (Å²) in [7, 11) is 1.74. The molecule has 0 aliphatic heterocycles. The Kier molecular flexibility index (Phi) is 4.13. The van der Waals surface area contributed by atoms with E-state index in [1.807, 2.05) is 19.9 Å². The van der Waals surface area contributed by atoms with E-state index in [1.54, 1.807) is 11.7 Å². The zero-order valence-corrected chi connectivity index (χ0v) is 13.2. The second-order valence-corrected chi connectivity index (χ2v) is 5.58. The van der Waals surface area contributed by atoms with E-state index in [0.717, 1.165) is 15.7 Å². The van der Waals surface area contributed by atoms with E-state index >= 15 is 0 Å². The maximum atomic E-state index is 11.1. The fraction of sp³-hybridized carbons (Fsp3) is 0.286. The first-order valence-corrected chi connectivity index (χ1v) is 6.94. The van der Waals surface area contributed by atoms with Crippen molar-refractivity contribution in [1.29, 1.82) is 0 Å². The van der Waals surface area contributed by atoms with Crippen molar-refractivity contribution in [3.8, 4) is 0 Å². The van der Waals surface area contributed by atoms with Gasteiger partial charge in [0.25, 0.3) is 0 Å². The predicted octanol–water partition coefficient (Wildman–Crippen LogP) is 3.11. The van der Waals surface area contributed by atoms with E-state index in [0.29, 0.717) is 12.2 Å². The quantitative estimate of drug-likeness (QED) is 0.899. The molecule has 5 nitrogen and oxygen atoms in total. The van der Waals surface area contributed by atoms with Crippen LogP contribution in [0.2, 0.25) is 0 Å². The van der Waals surface area contributed by atoms with Crippen molar-refractivity contribution in [2.75, 3.05) is 5.32 Å². The van der Waals surface area contributed by atoms with Crippen LogP contribution in [0.4, 0.5) is 5.69 Å². The minimum Gasteiger partial charge on any atom is -0.478 e. The van der Waals surface area contributed by atoms with Gasteiger partial charge in [0.1, 0.15) is 5.56 Å². The molecular formula is C14H16BrN3O2. The van der Waals surface area contributed by atoms with E-state index in [1.165, 1.54) is 11.8 Å². The first kappa shape index (κ1) is 14.6. The van der Waals surface area contributed by atoms with E-state index < -0.39 is 5.97 Å². The summed E-state index contributed by atoms with van der Waals surface area (Å²) in [5.41, 5.74) is 4.11. The van der Waals surface area contributed by atoms with Gasteiger partial charge in [-0.05, 0) is 47.0 Å². The summed E-state index contributed by atoms with van der Waals surface area (Å²) in [6.45, 7) is 4.45. The molecule has 1 heterocycles. The molecule has 0 unspecified atom stereocenters. The topological polar surface area (TPSA) is 67.2 Å². The van der Waals surface area contributed by atoms with Gasteiger partial charge in [0, 0.05) is 11.5 Å². The maximum absolute atomic E-state index is 11.1. The molecule has 0 amide bonds. The Morgan fingerprint density at radius 2 is 2.15 bits per heavy atom. The third-order valence-electron chi connectivity index (χ3n) is 3.16. The lowest BCUT2D eigenvalue weighted by molar-refractivity contribution is 0.0695. The molecule has 6 heteroatoms. The summed E-state index contributed by atoms with van der Waals surface area (Å²) < 4.78 is 2.54. The number of anilines is 1. The molecule has 2 aromatic rings. The molecule has 0 bridgehead atoms. The van der Waals surface area contributed by atoms with Gasteiger partial charge in [0.15, 0.2) is 0 Å². The van der Waals surface area contributed by atoms with Crippen molar-refractivity contribution < 1.29 is 9.90 Å². The number of carboxylic acid groups (broad SMARTS) is 1. The van der Waals surface area contributed by atoms with Gasteiger partial charge in [0.2, 0.25) is 0 Å². The van der Waals surface area contributed by atoms with Crippen LogP contribution in [0.3, 0.4) is 0 Å². The zero-order chi connectivity index (χ0) is 14.9. The number of halogens is 1. The number of hydrogen-bond acceptors (Lipinski definition) is 3. The van der Waals surface area contributed by atoms with Crippen molar-refractivity contribution in [2.45, 2.75) is 20.4 Å². The molecule has 2 rings (SSSR count). The fourth-order valence-electron chi connectivity index (χ4n) is 2.16. The molecule has 1 aromatic heterocycles. The number of carbonyl (C=O) groups is 1. The Balaban J connectivity index is 2.26. The molecule has 2 N–H and O–H groups in total. The molecule has 0 aliphatic rings. The number of aryl methyl sites for hydroxylation is 3. The molecule has 1 aromatic carbocycles. The van der Waals surface area contributed by atoms with Gasteiger partial charge >= 0.3 is 5.97 Å². The maximum Gasteiger partial charge on any atom is 0.339 e. The Morgan fingerprint density at radius 1 is 1.45 bits per heavy atom. The number of aromatic nitrogens is 2. The average molecular weight is 338 g/mol. The molecule has 0 atom stereocenters. The average Bonchev–Trinajstić information content (AvgIpc) is 2.69. The van der Waals surface area contributed by atoms with Gasteiger partial charge in [-0.1, -0.05) is 6.07 Å². The first-order valence-electron chi connectivity index (χ1n) is 6.15. The van der Waals surface area contributed by atoms with Crippen LogP contribution in [-0.2, 0) is 13.6 Å². The van der Waals surface area contributed by atoms with Gasteiger partial charge in [-0.2, -0.15) is 5.10 Å². The fourth-order valence-corrected chi connectivity index (χ4v) is 2.98. The van der Waals surface area contributed by atoms with E-state index in [2.05, 4.69) is 32.4 Å². The lowest BCUT2D eigenvalue weighted by Crippen LogP contribution is -2.11. The van der Waals surface area contributed by atoms with E-state index in [-0.39, 0.29) is 5.56 Å². The van der Waals surface area contributed by atoms with Crippen molar-refractivity contribution in [1.82, 2.24) is 9.78 Å². The standard InChI is InChI=1S/C14H16BrN3O2/c1-8-4-9(2)13(11(15)5-8)16-7-12-10(14(19)20)6-17-18(12)3/h4-6,16H,7H2,1-3H3,(H,19,20). The molecule has 0 saturated carbocycles. The van der Waals surface area contributed by atoms with Crippen LogP contribution >= 0.6 is 15.9 Å². The largest absolute Gasteiger partial charge is 0.478 e. The highest BCUT2D eigenvalue weighted by Crippen LogP contribution is 2.28. The van der Waals surface area contributed by atoms with Crippen LogP contribution in [0.5, 0.6) is 0 Å². The molecular weight excluding hydrogens is 322 g/mol. The highest BCUT2D eigenvalue weighted by atomic mass is 79.9. The minimum atomic E-state index is -0.963. The lowest BCUT2D eigenvalue weighted by atomic mass is 10.1. The molecule has 0 fully saturated rings. The van der Waals surface area contributed by atoms with E-state index in [9.17, 15) is 4.79 Å². The summed E-state index contributed by atoms with van der Waals surface area (Å²) in [6, 6.07) is 4.10. The summed E-state index contributed by atoms with van der Waals surface area (Å²) in [5.74, 6) is -0.963. The Bertz CT molecular complexity index is 641. The monoisotopic (exact) mass is 337 g/mol. The predicted molar refractivity (Wildman–Crippen MR) is 81.1 cm³/mol. The minimum absolute atomic E-state index is 0.223. The molecule has 0 aliphatic carbocycles. The van der Waals surface area contributed by atoms with Crippen LogP contribution < -0.4 is 5.32 Å². The second kappa shape index (κ2) is 5.66. The number of aromatic carboxylic acids is 1. The highest BCUT2D eigenvalue weighted by Gasteiger charge is 2.15. The Morgan fingerprint density at radius 3 is 2.75 bits per heavy atom. The first-order chi connectivity index (χ1) is 9.40. The van der Waals surface area contributed by atoms with Crippen LogP contribution in [-0.4, -0.2) is 20.9 Å². The lowest BCUT2D eigenvalue weighted by Gasteiger charge is -2.13. The van der Waals surface area contributed by atoms with Crippen molar-refractivity contribution in [3.05, 3.63) is 45.2 Å². The summed E-state index contributed by atoms with van der Waals surface area (Å²) in [5, 5.41) is 16.4. The molecule has 0 spiro atoms. The van der Waals surface area contributed by atoms with Gasteiger partial charge in [-0.3, -0.25) is 4.68 Å². The highest BCUT2D eigenvalue weighted by molar-refractivity contribution is 9.10. The van der Waals surface area contributed by atoms with Crippen molar-refractivity contribution in [3.63, 3.8) is 0 Å². The van der Waals surface area contributed by atoms with E-state index in [4.69, 9.17) is 5.11 Å². The number of rotatable bonds is 4. The number of carboxylic acids is 1. The third kappa shape index (κ3) is 2.85. The Hall–Kier alpha value is -1.82. The van der Waals surface area contributed by atoms with Crippen molar-refractivity contribution >= 4 is 27.6 Å². The van der Waals surface area contributed by atoms with Gasteiger partial charge in [0.05, 0.1) is 24.1 Å². The molecule has 106 valence electrons. The van der Waals surface area contributed by atoms with Gasteiger partial charge < -0.3 is 10.4 Å². The molecule has 0 saturated heterocycles. The van der Waals surface area contributed by atoms with Crippen molar-refractivity contribution in [2.24, 2.45) is 7.05 Å². The summed E-state index contributed by atoms with van der Waals surface area (Å²) in [4.78, 5) is 11.1. The van der Waals surface area contributed by atoms with Crippen LogP contribution in [0, 0.1) is 13.8 Å². The Labute approximate surface area is 125 Å². The number of hydrogen-bond donors (Lipinski definition) is 2. The van der Waals surface area contributed by atoms with Gasteiger partial charge in [-0.25, -0.2) is 4.79 Å². The third-order valence-corrected chi connectivity index (χ3v) is 3.78. The molecule has 0 radical (unpaired) electrons. The summed E-state index contributed by atoms with van der Waals surface area (Å²) >= 11 is 3.53. The number of nitrogens with one attached hydrogen (secondary N) is 1. The van der Waals surface area contributed by atoms with Crippen LogP contribution in [0.1, 0.15) is 27.2 Å².